The van der Waals surface area contributed by atoms with Gasteiger partial charge < -0.3 is 4.42 Å². The summed E-state index contributed by atoms with van der Waals surface area (Å²) < 4.78 is 6.68. The zero-order valence-electron chi connectivity index (χ0n) is 38.5. The monoisotopic (exact) mass is 896 g/mol. The van der Waals surface area contributed by atoms with Crippen LogP contribution in [0.2, 0.25) is 0 Å². The van der Waals surface area contributed by atoms with Gasteiger partial charge in [0.25, 0.3) is 0 Å². The summed E-state index contributed by atoms with van der Waals surface area (Å²) in [6.45, 7) is 0. The Kier molecular flexibility index (Phi) is 7.95. The molecule has 0 spiro atoms. The predicted octanol–water partition coefficient (Wildman–Crippen LogP) is 20.1. The van der Waals surface area contributed by atoms with Gasteiger partial charge in [-0.05, 0) is 184 Å². The van der Waals surface area contributed by atoms with Gasteiger partial charge in [-0.3, -0.25) is 0 Å². The van der Waals surface area contributed by atoms with Crippen LogP contribution in [0.15, 0.2) is 247 Å². The predicted molar refractivity (Wildman–Crippen MR) is 305 cm³/mol. The second kappa shape index (κ2) is 14.6. The van der Waals surface area contributed by atoms with Gasteiger partial charge in [-0.2, -0.15) is 0 Å². The van der Waals surface area contributed by atoms with Crippen LogP contribution in [0.4, 0.5) is 0 Å². The second-order valence-corrected chi connectivity index (χ2v) is 19.4. The smallest absolute Gasteiger partial charge is 0.136 e. The molecule has 0 aliphatic rings. The number of hydrogen-bond donors (Lipinski definition) is 0. The first-order valence-corrected chi connectivity index (χ1v) is 24.6. The van der Waals surface area contributed by atoms with Crippen LogP contribution in [0.3, 0.4) is 0 Å². The number of rotatable bonds is 3. The first-order chi connectivity index (χ1) is 35.2. The van der Waals surface area contributed by atoms with Gasteiger partial charge in [-0.15, -0.1) is 0 Å². The van der Waals surface area contributed by atoms with Crippen LogP contribution < -0.4 is 0 Å². The molecule has 0 saturated carbocycles. The van der Waals surface area contributed by atoms with E-state index in [2.05, 4.69) is 243 Å². The van der Waals surface area contributed by atoms with Crippen LogP contribution >= 0.6 is 0 Å². The van der Waals surface area contributed by atoms with Gasteiger partial charge in [0.1, 0.15) is 11.2 Å². The van der Waals surface area contributed by atoms with E-state index in [4.69, 9.17) is 4.42 Å². The lowest BCUT2D eigenvalue weighted by Crippen LogP contribution is -1.95. The lowest BCUT2D eigenvalue weighted by atomic mass is 9.80. The van der Waals surface area contributed by atoms with Gasteiger partial charge in [-0.25, -0.2) is 0 Å². The van der Waals surface area contributed by atoms with Crippen molar-refractivity contribution in [1.82, 2.24) is 0 Å². The maximum absolute atomic E-state index is 6.68. The number of benzene rings is 15. The highest BCUT2D eigenvalue weighted by molar-refractivity contribution is 6.33. The van der Waals surface area contributed by atoms with Crippen molar-refractivity contribution in [2.24, 2.45) is 0 Å². The van der Waals surface area contributed by atoms with E-state index in [-0.39, 0.29) is 0 Å². The zero-order chi connectivity index (χ0) is 46.3. The summed E-state index contributed by atoms with van der Waals surface area (Å²) in [4.78, 5) is 0. The van der Waals surface area contributed by atoms with Crippen molar-refractivity contribution < 1.29 is 4.42 Å². The van der Waals surface area contributed by atoms with Crippen molar-refractivity contribution in [2.45, 2.75) is 0 Å². The minimum absolute atomic E-state index is 0.913. The molecule has 16 rings (SSSR count). The van der Waals surface area contributed by atoms with Crippen LogP contribution in [-0.2, 0) is 0 Å². The molecule has 0 aliphatic carbocycles. The van der Waals surface area contributed by atoms with Gasteiger partial charge in [0, 0.05) is 10.8 Å². The van der Waals surface area contributed by atoms with E-state index in [1.165, 1.54) is 146 Å². The molecule has 326 valence electrons. The largest absolute Gasteiger partial charge is 0.456 e. The molecule has 1 aromatic heterocycles. The Balaban J connectivity index is 0.950. The zero-order valence-corrected chi connectivity index (χ0v) is 38.5. The summed E-state index contributed by atoms with van der Waals surface area (Å²) in [6.07, 6.45) is 0. The fraction of sp³-hybridized carbons (Fsp3) is 0. The molecular weight excluding hydrogens is 857 g/mol. The molecule has 16 aromatic rings. The molecule has 0 bridgehead atoms. The Morgan fingerprint density at radius 2 is 0.563 bits per heavy atom. The summed E-state index contributed by atoms with van der Waals surface area (Å²) in [5.74, 6) is 0. The normalized spacial score (nSPS) is 12.2. The van der Waals surface area contributed by atoms with Gasteiger partial charge in [0.2, 0.25) is 0 Å². The molecule has 1 heteroatoms. The number of hydrogen-bond acceptors (Lipinski definition) is 1. The maximum Gasteiger partial charge on any atom is 0.136 e. The van der Waals surface area contributed by atoms with Crippen LogP contribution in [0.5, 0.6) is 0 Å². The first-order valence-electron chi connectivity index (χ1n) is 24.6. The van der Waals surface area contributed by atoms with Crippen LogP contribution in [0, 0.1) is 0 Å². The molecule has 0 fully saturated rings. The summed E-state index contributed by atoms with van der Waals surface area (Å²) >= 11 is 0. The summed E-state index contributed by atoms with van der Waals surface area (Å²) in [5, 5.41) is 27.1. The first kappa shape index (κ1) is 38.6. The maximum atomic E-state index is 6.68. The molecule has 0 atom stereocenters. The van der Waals surface area contributed by atoms with Gasteiger partial charge in [-0.1, -0.05) is 200 Å². The lowest BCUT2D eigenvalue weighted by molar-refractivity contribution is 0.670. The molecule has 0 amide bonds. The molecule has 0 radical (unpaired) electrons. The third kappa shape index (κ3) is 5.52. The standard InChI is InChI=1S/C70H40O/c1-2-17-43-36-47-37-45(30-29-44(47)35-42(43)16-1)66-52-21-7-11-25-56(52)69(57-26-12-8-22-53(57)66)70-58-27-13-9-23-54(58)67(55-24-10-14-28-59(55)70)46-31-33-51-60(38-46)49-19-5-6-20-50(49)61-39-63-65(40-62(51)61)71-64-34-32-41-15-3-4-18-48(41)68(63)64/h1-40H. The molecule has 71 heavy (non-hydrogen) atoms. The fourth-order valence-corrected chi connectivity index (χ4v) is 12.7. The second-order valence-electron chi connectivity index (χ2n) is 19.4. The molecule has 0 N–H and O–H groups in total. The molecule has 0 unspecified atom stereocenters. The van der Waals surface area contributed by atoms with Gasteiger partial charge in [0.05, 0.1) is 0 Å². The van der Waals surface area contributed by atoms with E-state index >= 15 is 0 Å². The van der Waals surface area contributed by atoms with E-state index in [9.17, 15) is 0 Å². The van der Waals surface area contributed by atoms with E-state index in [1.54, 1.807) is 0 Å². The summed E-state index contributed by atoms with van der Waals surface area (Å²) in [6, 6.07) is 90.4. The van der Waals surface area contributed by atoms with Gasteiger partial charge in [0.15, 0.2) is 0 Å². The molecule has 15 aromatic carbocycles. The van der Waals surface area contributed by atoms with Crippen LogP contribution in [0.1, 0.15) is 0 Å². The number of fused-ring (bicyclic) bond motifs is 17. The highest BCUT2D eigenvalue weighted by atomic mass is 16.3. The molecule has 0 saturated heterocycles. The SMILES string of the molecule is c1ccc2cc3cc(-c4c5ccccc5c(-c5c6ccccc6c(-c6ccc7c(c6)c6ccccc6c6cc8c(cc76)oc6ccc7ccccc7c68)c6ccccc56)c5ccccc45)ccc3cc2c1. The molecule has 1 nitrogen and oxygen atoms in total. The molecular formula is C70H40O. The van der Waals surface area contributed by atoms with Crippen molar-refractivity contribution in [1.29, 1.82) is 0 Å². The fourth-order valence-electron chi connectivity index (χ4n) is 12.7. The van der Waals surface area contributed by atoms with Crippen LogP contribution in [0.25, 0.3) is 163 Å². The molecule has 0 aliphatic heterocycles. The van der Waals surface area contributed by atoms with Crippen molar-refractivity contribution in [3.05, 3.63) is 243 Å². The number of furan rings is 1. The van der Waals surface area contributed by atoms with Crippen molar-refractivity contribution >= 4 is 130 Å². The van der Waals surface area contributed by atoms with E-state index in [1.807, 2.05) is 0 Å². The average Bonchev–Trinajstić information content (AvgIpc) is 3.81. The third-order valence-corrected chi connectivity index (χ3v) is 15.7. The average molecular weight is 897 g/mol. The Morgan fingerprint density at radius 1 is 0.183 bits per heavy atom. The van der Waals surface area contributed by atoms with Crippen molar-refractivity contribution in [3.63, 3.8) is 0 Å². The lowest BCUT2D eigenvalue weighted by Gasteiger charge is -2.22. The highest BCUT2D eigenvalue weighted by Gasteiger charge is 2.23. The Morgan fingerprint density at radius 3 is 1.13 bits per heavy atom. The third-order valence-electron chi connectivity index (χ3n) is 15.7. The van der Waals surface area contributed by atoms with Crippen LogP contribution in [-0.4, -0.2) is 0 Å². The Labute approximate surface area is 408 Å². The Bertz CT molecular complexity index is 4880. The Hall–Kier alpha value is -9.30. The van der Waals surface area contributed by atoms with Crippen molar-refractivity contribution in [3.8, 4) is 33.4 Å². The molecule has 1 heterocycles. The minimum atomic E-state index is 0.913. The summed E-state index contributed by atoms with van der Waals surface area (Å²) in [5.41, 5.74) is 9.31. The van der Waals surface area contributed by atoms with E-state index in [0.717, 1.165) is 16.6 Å². The summed E-state index contributed by atoms with van der Waals surface area (Å²) in [7, 11) is 0. The van der Waals surface area contributed by atoms with E-state index in [0.29, 0.717) is 0 Å². The van der Waals surface area contributed by atoms with Gasteiger partial charge >= 0.3 is 0 Å². The minimum Gasteiger partial charge on any atom is -0.456 e. The van der Waals surface area contributed by atoms with E-state index < -0.39 is 0 Å². The highest BCUT2D eigenvalue weighted by Crippen LogP contribution is 2.51. The van der Waals surface area contributed by atoms with Crippen molar-refractivity contribution in [2.75, 3.05) is 0 Å². The quantitative estimate of drug-likeness (QED) is 0.127. The topological polar surface area (TPSA) is 13.1 Å².